The normalized spacial score (nSPS) is 28.2. The van der Waals surface area contributed by atoms with Crippen molar-refractivity contribution in [2.24, 2.45) is 10.9 Å². The molecule has 6 nitrogen and oxygen atoms in total. The monoisotopic (exact) mass is 326 g/mol. The third-order valence-corrected chi connectivity index (χ3v) is 4.81. The number of nitrogens with zero attached hydrogens (tertiary/aromatic N) is 3. The molecule has 1 N–H and O–H groups in total. The van der Waals surface area contributed by atoms with Crippen LogP contribution in [-0.4, -0.2) is 87.5 Å². The van der Waals surface area contributed by atoms with E-state index in [4.69, 9.17) is 14.5 Å². The van der Waals surface area contributed by atoms with E-state index in [-0.39, 0.29) is 0 Å². The molecule has 0 bridgehead atoms. The Hall–Kier alpha value is -0.850. The summed E-state index contributed by atoms with van der Waals surface area (Å²) >= 11 is 0. The third-order valence-electron chi connectivity index (χ3n) is 4.81. The summed E-state index contributed by atoms with van der Waals surface area (Å²) in [4.78, 5) is 9.79. The molecular formula is C17H34N4O2. The van der Waals surface area contributed by atoms with Crippen molar-refractivity contribution < 1.29 is 9.47 Å². The van der Waals surface area contributed by atoms with E-state index in [0.717, 1.165) is 58.5 Å². The molecule has 2 aliphatic heterocycles. The van der Waals surface area contributed by atoms with Gasteiger partial charge in [-0.25, -0.2) is 0 Å². The highest BCUT2D eigenvalue weighted by atomic mass is 16.5. The van der Waals surface area contributed by atoms with E-state index in [1.165, 1.54) is 6.42 Å². The van der Waals surface area contributed by atoms with Crippen molar-refractivity contribution in [1.29, 1.82) is 0 Å². The summed E-state index contributed by atoms with van der Waals surface area (Å²) in [7, 11) is 1.78. The van der Waals surface area contributed by atoms with E-state index in [1.807, 2.05) is 0 Å². The summed E-state index contributed by atoms with van der Waals surface area (Å²) < 4.78 is 10.8. The number of rotatable bonds is 6. The average molecular weight is 326 g/mol. The Balaban J connectivity index is 1.90. The Bertz CT molecular complexity index is 378. The van der Waals surface area contributed by atoms with Crippen LogP contribution < -0.4 is 5.32 Å². The number of nitrogens with one attached hydrogen (secondary N) is 1. The summed E-state index contributed by atoms with van der Waals surface area (Å²) in [6.45, 7) is 14.0. The van der Waals surface area contributed by atoms with Gasteiger partial charge < -0.3 is 19.7 Å². The van der Waals surface area contributed by atoms with Gasteiger partial charge in [0.25, 0.3) is 0 Å². The Morgan fingerprint density at radius 2 is 2.26 bits per heavy atom. The fourth-order valence-corrected chi connectivity index (χ4v) is 3.54. The van der Waals surface area contributed by atoms with Gasteiger partial charge >= 0.3 is 0 Å². The predicted molar refractivity (Wildman–Crippen MR) is 94.0 cm³/mol. The molecule has 23 heavy (non-hydrogen) atoms. The van der Waals surface area contributed by atoms with Crippen LogP contribution in [0.3, 0.4) is 0 Å². The van der Waals surface area contributed by atoms with Crippen molar-refractivity contribution >= 4 is 5.96 Å². The number of methoxy groups -OCH3 is 1. The summed E-state index contributed by atoms with van der Waals surface area (Å²) in [5.74, 6) is 1.68. The van der Waals surface area contributed by atoms with Crippen molar-refractivity contribution in [1.82, 2.24) is 15.1 Å². The molecule has 6 heteroatoms. The number of guanidine groups is 1. The molecule has 2 fully saturated rings. The topological polar surface area (TPSA) is 49.3 Å². The molecule has 2 rings (SSSR count). The molecule has 0 saturated carbocycles. The zero-order chi connectivity index (χ0) is 16.7. The number of aliphatic imine (C=N–C) groups is 1. The zero-order valence-corrected chi connectivity index (χ0v) is 15.3. The minimum atomic E-state index is 0.444. The summed E-state index contributed by atoms with van der Waals surface area (Å²) in [6.07, 6.45) is 1.19. The first kappa shape index (κ1) is 18.5. The Kier molecular flexibility index (Phi) is 7.59. The van der Waals surface area contributed by atoms with Gasteiger partial charge in [0, 0.05) is 51.3 Å². The van der Waals surface area contributed by atoms with Gasteiger partial charge in [0.2, 0.25) is 0 Å². The minimum absolute atomic E-state index is 0.444. The molecule has 2 aliphatic rings. The fraction of sp³-hybridized carbons (Fsp3) is 0.941. The molecule has 2 heterocycles. The molecule has 0 amide bonds. The van der Waals surface area contributed by atoms with E-state index in [0.29, 0.717) is 18.0 Å². The van der Waals surface area contributed by atoms with Gasteiger partial charge in [-0.15, -0.1) is 0 Å². The van der Waals surface area contributed by atoms with Crippen LogP contribution in [0.2, 0.25) is 0 Å². The zero-order valence-electron chi connectivity index (χ0n) is 15.3. The van der Waals surface area contributed by atoms with E-state index >= 15 is 0 Å². The third kappa shape index (κ3) is 5.33. The van der Waals surface area contributed by atoms with E-state index in [1.54, 1.807) is 7.11 Å². The molecule has 2 saturated heterocycles. The van der Waals surface area contributed by atoms with Crippen LogP contribution in [0.4, 0.5) is 0 Å². The predicted octanol–water partition coefficient (Wildman–Crippen LogP) is 1.03. The highest BCUT2D eigenvalue weighted by molar-refractivity contribution is 5.80. The summed E-state index contributed by atoms with van der Waals surface area (Å²) in [6, 6.07) is 0.925. The average Bonchev–Trinajstić information content (AvgIpc) is 3.00. The highest BCUT2D eigenvalue weighted by Gasteiger charge is 2.26. The summed E-state index contributed by atoms with van der Waals surface area (Å²) in [5.41, 5.74) is 0. The van der Waals surface area contributed by atoms with Gasteiger partial charge in [-0.1, -0.05) is 0 Å². The second kappa shape index (κ2) is 9.45. The molecule has 3 unspecified atom stereocenters. The first-order chi connectivity index (χ1) is 11.2. The van der Waals surface area contributed by atoms with E-state index in [9.17, 15) is 0 Å². The lowest BCUT2D eigenvalue weighted by Crippen LogP contribution is -2.49. The van der Waals surface area contributed by atoms with Crippen molar-refractivity contribution in [2.45, 2.75) is 39.3 Å². The Morgan fingerprint density at radius 1 is 1.43 bits per heavy atom. The van der Waals surface area contributed by atoms with Crippen molar-refractivity contribution in [3.05, 3.63) is 0 Å². The molecule has 0 spiro atoms. The standard InChI is InChI=1S/C17H34N4O2/c1-5-18-17(20-7-6-16(11-20)13-22-4)19-10-14(2)21-8-9-23-12-15(21)3/h14-16H,5-13H2,1-4H3,(H,18,19). The molecule has 3 atom stereocenters. The van der Waals surface area contributed by atoms with E-state index in [2.05, 4.69) is 35.9 Å². The lowest BCUT2D eigenvalue weighted by molar-refractivity contribution is -0.0166. The Labute approximate surface area is 141 Å². The second-order valence-corrected chi connectivity index (χ2v) is 6.76. The smallest absolute Gasteiger partial charge is 0.193 e. The van der Waals surface area contributed by atoms with Gasteiger partial charge in [0.1, 0.15) is 0 Å². The maximum Gasteiger partial charge on any atom is 0.193 e. The quantitative estimate of drug-likeness (QED) is 0.584. The second-order valence-electron chi connectivity index (χ2n) is 6.76. The van der Waals surface area contributed by atoms with Gasteiger partial charge in [-0.05, 0) is 27.2 Å². The number of hydrogen-bond donors (Lipinski definition) is 1. The van der Waals surface area contributed by atoms with Crippen LogP contribution in [-0.2, 0) is 9.47 Å². The van der Waals surface area contributed by atoms with Crippen molar-refractivity contribution in [3.8, 4) is 0 Å². The van der Waals surface area contributed by atoms with Crippen molar-refractivity contribution in [2.75, 3.05) is 59.7 Å². The Morgan fingerprint density at radius 3 is 2.96 bits per heavy atom. The lowest BCUT2D eigenvalue weighted by atomic mass is 10.1. The lowest BCUT2D eigenvalue weighted by Gasteiger charge is -2.37. The molecule has 0 aromatic carbocycles. The molecular weight excluding hydrogens is 292 g/mol. The minimum Gasteiger partial charge on any atom is -0.384 e. The number of hydrogen-bond acceptors (Lipinski definition) is 4. The maximum atomic E-state index is 5.53. The SMILES string of the molecule is CCNC(=NCC(C)N1CCOCC1C)N1CCC(COC)C1. The van der Waals surface area contributed by atoms with Crippen LogP contribution in [0.15, 0.2) is 4.99 Å². The van der Waals surface area contributed by atoms with Gasteiger partial charge in [-0.2, -0.15) is 0 Å². The first-order valence-corrected chi connectivity index (χ1v) is 9.01. The van der Waals surface area contributed by atoms with Gasteiger partial charge in [0.05, 0.1) is 26.4 Å². The number of morpholine rings is 1. The first-order valence-electron chi connectivity index (χ1n) is 9.01. The summed E-state index contributed by atoms with van der Waals surface area (Å²) in [5, 5.41) is 3.45. The molecule has 0 aromatic rings. The number of ether oxygens (including phenoxy) is 2. The van der Waals surface area contributed by atoms with Crippen molar-refractivity contribution in [3.63, 3.8) is 0 Å². The fourth-order valence-electron chi connectivity index (χ4n) is 3.54. The largest absolute Gasteiger partial charge is 0.384 e. The van der Waals surface area contributed by atoms with E-state index < -0.39 is 0 Å². The van der Waals surface area contributed by atoms with Crippen LogP contribution in [0, 0.1) is 5.92 Å². The van der Waals surface area contributed by atoms with Crippen LogP contribution >= 0.6 is 0 Å². The highest BCUT2D eigenvalue weighted by Crippen LogP contribution is 2.17. The molecule has 0 radical (unpaired) electrons. The van der Waals surface area contributed by atoms with Crippen LogP contribution in [0.1, 0.15) is 27.2 Å². The van der Waals surface area contributed by atoms with Gasteiger partial charge in [-0.3, -0.25) is 9.89 Å². The van der Waals surface area contributed by atoms with Crippen LogP contribution in [0.25, 0.3) is 0 Å². The van der Waals surface area contributed by atoms with Crippen LogP contribution in [0.5, 0.6) is 0 Å². The maximum absolute atomic E-state index is 5.53. The van der Waals surface area contributed by atoms with Gasteiger partial charge in [0.15, 0.2) is 5.96 Å². The number of likely N-dealkylation sites (tertiary alicyclic amines) is 1. The molecule has 134 valence electrons. The molecule has 0 aromatic heterocycles. The molecule has 0 aliphatic carbocycles.